The number of piperidine rings is 1. The number of amides is 2. The Morgan fingerprint density at radius 3 is 2.52 bits per heavy atom. The number of pyridine rings is 1. The molecule has 174 valence electrons. The molecule has 33 heavy (non-hydrogen) atoms. The zero-order valence-electron chi connectivity index (χ0n) is 18.9. The highest BCUT2D eigenvalue weighted by molar-refractivity contribution is 7.18. The number of carbonyl (C=O) groups is 2. The Kier molecular flexibility index (Phi) is 6.73. The fourth-order valence-corrected chi connectivity index (χ4v) is 5.80. The summed E-state index contributed by atoms with van der Waals surface area (Å²) in [5.41, 5.74) is 7.31. The Hall–Kier alpha value is -2.89. The standard InChI is InChI=1S/C22H26N6O3S2/c1-11-7-15(31-4)8-12(2)28(11)21(30)14-5-6-17(24-9-14)27-22-26-16(10-32-22)18-13(3)25-20(33-18)19(23)29/h5-6,9-12,15H,7-8H2,1-4H3,(H2,23,29)(H,24,26,27)/t11-,12?,15?/m1/s1. The molecule has 11 heteroatoms. The van der Waals surface area contributed by atoms with Crippen LogP contribution in [-0.2, 0) is 4.74 Å². The molecule has 0 saturated carbocycles. The van der Waals surface area contributed by atoms with Crippen LogP contribution < -0.4 is 11.1 Å². The highest BCUT2D eigenvalue weighted by Crippen LogP contribution is 2.33. The SMILES string of the molecule is COC1CC(C)N(C(=O)c2ccc(Nc3nc(-c4sc(C(N)=O)nc4C)cs3)nc2)[C@H](C)C1. The first-order valence-corrected chi connectivity index (χ1v) is 12.3. The number of aromatic nitrogens is 3. The molecule has 3 aromatic heterocycles. The van der Waals surface area contributed by atoms with Crippen molar-refractivity contribution in [3.05, 3.63) is 40.0 Å². The molecule has 3 atom stereocenters. The largest absolute Gasteiger partial charge is 0.381 e. The molecule has 3 aromatic rings. The van der Waals surface area contributed by atoms with E-state index in [4.69, 9.17) is 10.5 Å². The van der Waals surface area contributed by atoms with Gasteiger partial charge in [0.2, 0.25) is 0 Å². The van der Waals surface area contributed by atoms with Gasteiger partial charge in [0.15, 0.2) is 10.1 Å². The van der Waals surface area contributed by atoms with E-state index in [1.54, 1.807) is 25.4 Å². The predicted molar refractivity (Wildman–Crippen MR) is 129 cm³/mol. The van der Waals surface area contributed by atoms with Gasteiger partial charge in [0.25, 0.3) is 11.8 Å². The lowest BCUT2D eigenvalue weighted by molar-refractivity contribution is -0.00528. The Balaban J connectivity index is 1.44. The summed E-state index contributed by atoms with van der Waals surface area (Å²) >= 11 is 2.64. The molecule has 2 amide bonds. The van der Waals surface area contributed by atoms with Gasteiger partial charge in [-0.05, 0) is 45.7 Å². The van der Waals surface area contributed by atoms with Gasteiger partial charge < -0.3 is 20.7 Å². The molecular formula is C22H26N6O3S2. The van der Waals surface area contributed by atoms with E-state index in [2.05, 4.69) is 34.1 Å². The van der Waals surface area contributed by atoms with Crippen molar-refractivity contribution in [1.82, 2.24) is 19.9 Å². The van der Waals surface area contributed by atoms with Crippen LogP contribution in [0, 0.1) is 6.92 Å². The number of hydrogen-bond donors (Lipinski definition) is 2. The van der Waals surface area contributed by atoms with Crippen molar-refractivity contribution in [3.63, 3.8) is 0 Å². The van der Waals surface area contributed by atoms with Crippen molar-refractivity contribution in [3.8, 4) is 10.6 Å². The highest BCUT2D eigenvalue weighted by Gasteiger charge is 2.34. The highest BCUT2D eigenvalue weighted by atomic mass is 32.1. The van der Waals surface area contributed by atoms with E-state index in [0.717, 1.165) is 23.4 Å². The van der Waals surface area contributed by atoms with E-state index >= 15 is 0 Å². The van der Waals surface area contributed by atoms with Crippen LogP contribution in [0.4, 0.5) is 10.9 Å². The number of hydrogen-bond acceptors (Lipinski definition) is 9. The summed E-state index contributed by atoms with van der Waals surface area (Å²) in [7, 11) is 1.72. The van der Waals surface area contributed by atoms with E-state index in [0.29, 0.717) is 22.2 Å². The third-order valence-corrected chi connectivity index (χ3v) is 7.67. The van der Waals surface area contributed by atoms with Crippen molar-refractivity contribution in [2.24, 2.45) is 5.73 Å². The molecule has 4 rings (SSSR count). The number of anilines is 2. The second kappa shape index (κ2) is 9.54. The van der Waals surface area contributed by atoms with Gasteiger partial charge >= 0.3 is 0 Å². The maximum atomic E-state index is 13.1. The number of carbonyl (C=O) groups excluding carboxylic acids is 2. The molecule has 0 aliphatic carbocycles. The maximum absolute atomic E-state index is 13.1. The number of ether oxygens (including phenoxy) is 1. The number of likely N-dealkylation sites (tertiary alicyclic amines) is 1. The van der Waals surface area contributed by atoms with Gasteiger partial charge in [0.05, 0.1) is 27.9 Å². The van der Waals surface area contributed by atoms with Crippen molar-refractivity contribution in [2.45, 2.75) is 51.8 Å². The minimum absolute atomic E-state index is 0.0222. The molecular weight excluding hydrogens is 460 g/mol. The smallest absolute Gasteiger partial charge is 0.277 e. The quantitative estimate of drug-likeness (QED) is 0.542. The summed E-state index contributed by atoms with van der Waals surface area (Å²) < 4.78 is 5.50. The normalized spacial score (nSPS) is 20.6. The lowest BCUT2D eigenvalue weighted by Crippen LogP contribution is -2.51. The molecule has 2 unspecified atom stereocenters. The summed E-state index contributed by atoms with van der Waals surface area (Å²) in [6.07, 6.45) is 3.43. The van der Waals surface area contributed by atoms with Gasteiger partial charge in [-0.3, -0.25) is 9.59 Å². The number of nitrogens with zero attached hydrogens (tertiary/aromatic N) is 4. The van der Waals surface area contributed by atoms with Crippen LogP contribution in [0.1, 0.15) is 52.5 Å². The number of methoxy groups -OCH3 is 1. The first-order chi connectivity index (χ1) is 15.8. The lowest BCUT2D eigenvalue weighted by atomic mass is 9.94. The number of nitrogens with two attached hydrogens (primary N) is 1. The number of aryl methyl sites for hydroxylation is 1. The maximum Gasteiger partial charge on any atom is 0.277 e. The van der Waals surface area contributed by atoms with Crippen LogP contribution in [-0.4, -0.2) is 57.0 Å². The second-order valence-corrected chi connectivity index (χ2v) is 9.99. The van der Waals surface area contributed by atoms with E-state index in [1.807, 2.05) is 17.2 Å². The van der Waals surface area contributed by atoms with Gasteiger partial charge in [-0.1, -0.05) is 0 Å². The van der Waals surface area contributed by atoms with Crippen molar-refractivity contribution in [1.29, 1.82) is 0 Å². The first kappa shape index (κ1) is 23.3. The van der Waals surface area contributed by atoms with Crippen LogP contribution in [0.5, 0.6) is 0 Å². The summed E-state index contributed by atoms with van der Waals surface area (Å²) in [5, 5.41) is 5.97. The van der Waals surface area contributed by atoms with E-state index in [-0.39, 0.29) is 29.1 Å². The second-order valence-electron chi connectivity index (χ2n) is 8.13. The lowest BCUT2D eigenvalue weighted by Gasteiger charge is -2.42. The van der Waals surface area contributed by atoms with Crippen LogP contribution >= 0.6 is 22.7 Å². The molecule has 0 spiro atoms. The molecule has 1 fully saturated rings. The van der Waals surface area contributed by atoms with Crippen molar-refractivity contribution < 1.29 is 14.3 Å². The Morgan fingerprint density at radius 1 is 1.21 bits per heavy atom. The van der Waals surface area contributed by atoms with Gasteiger partial charge in [0.1, 0.15) is 5.82 Å². The van der Waals surface area contributed by atoms with Crippen molar-refractivity contribution in [2.75, 3.05) is 12.4 Å². The first-order valence-electron chi connectivity index (χ1n) is 10.6. The van der Waals surface area contributed by atoms with Gasteiger partial charge in [-0.15, -0.1) is 22.7 Å². The number of thiazole rings is 2. The molecule has 0 radical (unpaired) electrons. The summed E-state index contributed by atoms with van der Waals surface area (Å²) in [6, 6.07) is 3.75. The van der Waals surface area contributed by atoms with E-state index < -0.39 is 5.91 Å². The monoisotopic (exact) mass is 486 g/mol. The molecule has 9 nitrogen and oxygen atoms in total. The molecule has 3 N–H and O–H groups in total. The topological polar surface area (TPSA) is 123 Å². The van der Waals surface area contributed by atoms with Crippen molar-refractivity contribution >= 4 is 45.4 Å². The predicted octanol–water partition coefficient (Wildman–Crippen LogP) is 3.84. The Bertz CT molecular complexity index is 1150. The number of primary amides is 1. The number of nitrogens with one attached hydrogen (secondary N) is 1. The minimum atomic E-state index is -0.548. The van der Waals surface area contributed by atoms with Crippen LogP contribution in [0.15, 0.2) is 23.7 Å². The summed E-state index contributed by atoms with van der Waals surface area (Å²) in [6.45, 7) is 5.93. The molecule has 0 bridgehead atoms. The Morgan fingerprint density at radius 2 is 1.94 bits per heavy atom. The van der Waals surface area contributed by atoms with E-state index in [1.165, 1.54) is 22.7 Å². The molecule has 1 saturated heterocycles. The summed E-state index contributed by atoms with van der Waals surface area (Å²) in [5.74, 6) is 0.0187. The minimum Gasteiger partial charge on any atom is -0.381 e. The molecule has 0 aromatic carbocycles. The Labute approximate surface area is 200 Å². The zero-order valence-corrected chi connectivity index (χ0v) is 20.5. The van der Waals surface area contributed by atoms with Gasteiger partial charge in [-0.2, -0.15) is 0 Å². The third kappa shape index (κ3) is 4.90. The number of rotatable bonds is 6. The fraction of sp³-hybridized carbons (Fsp3) is 0.409. The average molecular weight is 487 g/mol. The fourth-order valence-electron chi connectivity index (χ4n) is 4.14. The summed E-state index contributed by atoms with van der Waals surface area (Å²) in [4.78, 5) is 40.4. The zero-order chi connectivity index (χ0) is 23.7. The van der Waals surface area contributed by atoms with Crippen LogP contribution in [0.2, 0.25) is 0 Å². The van der Waals surface area contributed by atoms with Crippen LogP contribution in [0.3, 0.4) is 0 Å². The van der Waals surface area contributed by atoms with Crippen LogP contribution in [0.25, 0.3) is 10.6 Å². The molecule has 4 heterocycles. The average Bonchev–Trinajstić information content (AvgIpc) is 3.40. The van der Waals surface area contributed by atoms with Gasteiger partial charge in [-0.25, -0.2) is 15.0 Å². The van der Waals surface area contributed by atoms with E-state index in [9.17, 15) is 9.59 Å². The molecule has 1 aliphatic rings. The van der Waals surface area contributed by atoms with Gasteiger partial charge in [0, 0.05) is 30.8 Å². The third-order valence-electron chi connectivity index (χ3n) is 5.72. The molecule has 1 aliphatic heterocycles.